The number of para-hydroxylation sites is 2. The number of ether oxygens (including phenoxy) is 1. The summed E-state index contributed by atoms with van der Waals surface area (Å²) in [6, 6.07) is 10.0. The number of nitrogens with one attached hydrogen (secondary N) is 2. The molecular formula is C16H15N3O5. The average molecular weight is 329 g/mol. The number of hydrogen-bond acceptors (Lipinski definition) is 5. The lowest BCUT2D eigenvalue weighted by Crippen LogP contribution is -2.47. The van der Waals surface area contributed by atoms with Gasteiger partial charge in [-0.2, -0.15) is 0 Å². The molecular weight excluding hydrogens is 314 g/mol. The Morgan fingerprint density at radius 3 is 2.75 bits per heavy atom. The van der Waals surface area contributed by atoms with Crippen molar-refractivity contribution in [2.45, 2.75) is 6.42 Å². The maximum Gasteiger partial charge on any atom is 0.305 e. The van der Waals surface area contributed by atoms with Gasteiger partial charge in [-0.25, -0.2) is 0 Å². The van der Waals surface area contributed by atoms with E-state index in [0.717, 1.165) is 0 Å². The van der Waals surface area contributed by atoms with E-state index < -0.39 is 11.8 Å². The summed E-state index contributed by atoms with van der Waals surface area (Å²) in [5.41, 5.74) is 5.00. The van der Waals surface area contributed by atoms with Crippen LogP contribution < -0.4 is 20.5 Å². The Bertz CT molecular complexity index is 757. The van der Waals surface area contributed by atoms with Crippen molar-refractivity contribution >= 4 is 23.4 Å². The summed E-state index contributed by atoms with van der Waals surface area (Å²) in [5, 5.41) is 0. The van der Waals surface area contributed by atoms with E-state index in [1.165, 1.54) is 17.2 Å². The number of rotatable bonds is 3. The number of anilines is 1. The van der Waals surface area contributed by atoms with E-state index in [9.17, 15) is 14.4 Å². The highest BCUT2D eigenvalue weighted by Gasteiger charge is 2.25. The van der Waals surface area contributed by atoms with Gasteiger partial charge in [0.05, 0.1) is 25.0 Å². The van der Waals surface area contributed by atoms with Crippen LogP contribution in [0.4, 0.5) is 5.69 Å². The Morgan fingerprint density at radius 2 is 1.96 bits per heavy atom. The molecule has 2 heterocycles. The van der Waals surface area contributed by atoms with Crippen LogP contribution in [-0.2, 0) is 9.59 Å². The summed E-state index contributed by atoms with van der Waals surface area (Å²) >= 11 is 0. The maximum atomic E-state index is 12.2. The Morgan fingerprint density at radius 1 is 1.12 bits per heavy atom. The molecule has 1 aliphatic rings. The van der Waals surface area contributed by atoms with E-state index in [1.807, 2.05) is 0 Å². The minimum absolute atomic E-state index is 0.0693. The lowest BCUT2D eigenvalue weighted by molar-refractivity contribution is -0.124. The molecule has 0 radical (unpaired) electrons. The van der Waals surface area contributed by atoms with Crippen molar-refractivity contribution in [1.29, 1.82) is 0 Å². The lowest BCUT2D eigenvalue weighted by Gasteiger charge is -2.21. The first-order chi connectivity index (χ1) is 11.6. The third-order valence-electron chi connectivity index (χ3n) is 3.39. The van der Waals surface area contributed by atoms with E-state index in [0.29, 0.717) is 11.4 Å². The van der Waals surface area contributed by atoms with Crippen molar-refractivity contribution in [3.8, 4) is 5.75 Å². The SMILES string of the molecule is O=C(CN1C(=O)CCOc2ccccc21)NNC(=O)c1ccco1. The minimum atomic E-state index is -0.584. The smallest absolute Gasteiger partial charge is 0.305 e. The molecule has 1 aromatic heterocycles. The van der Waals surface area contributed by atoms with Crippen LogP contribution in [0.25, 0.3) is 0 Å². The van der Waals surface area contributed by atoms with Crippen molar-refractivity contribution < 1.29 is 23.5 Å². The van der Waals surface area contributed by atoms with Gasteiger partial charge in [-0.05, 0) is 24.3 Å². The van der Waals surface area contributed by atoms with Crippen molar-refractivity contribution in [1.82, 2.24) is 10.9 Å². The van der Waals surface area contributed by atoms with E-state index in [1.54, 1.807) is 30.3 Å². The van der Waals surface area contributed by atoms with E-state index in [-0.39, 0.29) is 31.2 Å². The van der Waals surface area contributed by atoms with Crippen LogP contribution in [-0.4, -0.2) is 30.9 Å². The van der Waals surface area contributed by atoms with Gasteiger partial charge in [0.25, 0.3) is 5.91 Å². The molecule has 0 atom stereocenters. The van der Waals surface area contributed by atoms with Crippen molar-refractivity contribution in [3.63, 3.8) is 0 Å². The Labute approximate surface area is 137 Å². The quantitative estimate of drug-likeness (QED) is 0.813. The fourth-order valence-corrected chi connectivity index (χ4v) is 2.27. The van der Waals surface area contributed by atoms with Gasteiger partial charge < -0.3 is 9.15 Å². The molecule has 8 nitrogen and oxygen atoms in total. The number of carbonyl (C=O) groups is 3. The van der Waals surface area contributed by atoms with Gasteiger partial charge in [0.2, 0.25) is 5.91 Å². The molecule has 2 aromatic rings. The molecule has 3 amide bonds. The zero-order valence-corrected chi connectivity index (χ0v) is 12.7. The molecule has 2 N–H and O–H groups in total. The topological polar surface area (TPSA) is 101 Å². The minimum Gasteiger partial charge on any atom is -0.491 e. The predicted octanol–water partition coefficient (Wildman–Crippen LogP) is 0.856. The number of carbonyl (C=O) groups excluding carboxylic acids is 3. The molecule has 8 heteroatoms. The monoisotopic (exact) mass is 329 g/mol. The van der Waals surface area contributed by atoms with Crippen LogP contribution in [0.3, 0.4) is 0 Å². The summed E-state index contributed by atoms with van der Waals surface area (Å²) in [7, 11) is 0. The second kappa shape index (κ2) is 6.86. The highest BCUT2D eigenvalue weighted by atomic mass is 16.5. The first-order valence-electron chi connectivity index (χ1n) is 7.30. The summed E-state index contributed by atoms with van der Waals surface area (Å²) < 4.78 is 10.4. The third-order valence-corrected chi connectivity index (χ3v) is 3.39. The zero-order chi connectivity index (χ0) is 16.9. The lowest BCUT2D eigenvalue weighted by atomic mass is 10.2. The Kier molecular flexibility index (Phi) is 4.46. The van der Waals surface area contributed by atoms with Crippen LogP contribution in [0.1, 0.15) is 17.0 Å². The van der Waals surface area contributed by atoms with Crippen molar-refractivity contribution in [2.75, 3.05) is 18.1 Å². The number of hydrogen-bond donors (Lipinski definition) is 2. The van der Waals surface area contributed by atoms with Crippen LogP contribution >= 0.6 is 0 Å². The molecule has 1 aliphatic heterocycles. The fourth-order valence-electron chi connectivity index (χ4n) is 2.27. The highest BCUT2D eigenvalue weighted by molar-refractivity contribution is 6.01. The molecule has 0 aliphatic carbocycles. The summed E-state index contributed by atoms with van der Waals surface area (Å²) in [6.45, 7) is 0.0147. The van der Waals surface area contributed by atoms with Gasteiger partial charge in [-0.1, -0.05) is 12.1 Å². The molecule has 0 bridgehead atoms. The average Bonchev–Trinajstić information content (AvgIpc) is 3.08. The van der Waals surface area contributed by atoms with E-state index in [2.05, 4.69) is 10.9 Å². The molecule has 0 fully saturated rings. The van der Waals surface area contributed by atoms with E-state index >= 15 is 0 Å². The van der Waals surface area contributed by atoms with Crippen LogP contribution in [0.15, 0.2) is 47.1 Å². The van der Waals surface area contributed by atoms with Gasteiger partial charge in [-0.15, -0.1) is 0 Å². The molecule has 3 rings (SSSR count). The molecule has 0 saturated heterocycles. The van der Waals surface area contributed by atoms with Crippen LogP contribution in [0, 0.1) is 0 Å². The Hall–Kier alpha value is -3.29. The summed E-state index contributed by atoms with van der Waals surface area (Å²) in [6.07, 6.45) is 1.52. The highest BCUT2D eigenvalue weighted by Crippen LogP contribution is 2.30. The number of nitrogens with zero attached hydrogens (tertiary/aromatic N) is 1. The normalized spacial score (nSPS) is 13.5. The summed E-state index contributed by atoms with van der Waals surface area (Å²) in [5.74, 6) is -0.748. The van der Waals surface area contributed by atoms with Gasteiger partial charge in [0, 0.05) is 0 Å². The maximum absolute atomic E-state index is 12.2. The molecule has 0 unspecified atom stereocenters. The number of hydrazine groups is 1. The number of furan rings is 1. The summed E-state index contributed by atoms with van der Waals surface area (Å²) in [4.78, 5) is 37.3. The molecule has 0 saturated carbocycles. The zero-order valence-electron chi connectivity index (χ0n) is 12.7. The second-order valence-corrected chi connectivity index (χ2v) is 5.03. The van der Waals surface area contributed by atoms with Gasteiger partial charge in [0.15, 0.2) is 5.76 Å². The third kappa shape index (κ3) is 3.37. The first kappa shape index (κ1) is 15.6. The number of fused-ring (bicyclic) bond motifs is 1. The van der Waals surface area contributed by atoms with Gasteiger partial charge in [-0.3, -0.25) is 30.1 Å². The van der Waals surface area contributed by atoms with Crippen molar-refractivity contribution in [2.24, 2.45) is 0 Å². The largest absolute Gasteiger partial charge is 0.491 e. The fraction of sp³-hybridized carbons (Fsp3) is 0.188. The van der Waals surface area contributed by atoms with E-state index in [4.69, 9.17) is 9.15 Å². The number of amides is 3. The second-order valence-electron chi connectivity index (χ2n) is 5.03. The predicted molar refractivity (Wildman–Crippen MR) is 83.2 cm³/mol. The molecule has 1 aromatic carbocycles. The first-order valence-corrected chi connectivity index (χ1v) is 7.30. The van der Waals surface area contributed by atoms with Crippen LogP contribution in [0.5, 0.6) is 5.75 Å². The molecule has 24 heavy (non-hydrogen) atoms. The molecule has 0 spiro atoms. The standard InChI is InChI=1S/C16H15N3O5/c20-14(17-18-16(22)13-6-3-8-23-13)10-19-11-4-1-2-5-12(11)24-9-7-15(19)21/h1-6,8H,7,9-10H2,(H,17,20)(H,18,22). The molecule has 124 valence electrons. The van der Waals surface area contributed by atoms with Crippen molar-refractivity contribution in [3.05, 3.63) is 48.4 Å². The number of benzene rings is 1. The van der Waals surface area contributed by atoms with Gasteiger partial charge in [0.1, 0.15) is 12.3 Å². The van der Waals surface area contributed by atoms with Gasteiger partial charge >= 0.3 is 5.91 Å². The van der Waals surface area contributed by atoms with Crippen LogP contribution in [0.2, 0.25) is 0 Å². The Balaban J connectivity index is 1.65.